The van der Waals surface area contributed by atoms with Gasteiger partial charge >= 0.3 is 5.97 Å². The van der Waals surface area contributed by atoms with Gasteiger partial charge in [-0.15, -0.1) is 24.8 Å². The zero-order valence-electron chi connectivity index (χ0n) is 9.98. The summed E-state index contributed by atoms with van der Waals surface area (Å²) in [5.41, 5.74) is 5.37. The lowest BCUT2D eigenvalue weighted by Crippen LogP contribution is -2.55. The van der Waals surface area contributed by atoms with E-state index in [0.29, 0.717) is 26.2 Å². The van der Waals surface area contributed by atoms with Gasteiger partial charge in [0.15, 0.2) is 0 Å². The average Bonchev–Trinajstić information content (AvgIpc) is 2.17. The Labute approximate surface area is 119 Å². The Hall–Kier alpha value is -0.120. The molecule has 1 heterocycles. The Morgan fingerprint density at radius 3 is 2.00 bits per heavy atom. The number of hydrogen-bond donors (Lipinski definition) is 2. The van der Waals surface area contributed by atoms with Crippen molar-refractivity contribution in [2.75, 3.05) is 39.0 Å². The van der Waals surface area contributed by atoms with E-state index in [4.69, 9.17) is 10.8 Å². The van der Waals surface area contributed by atoms with E-state index in [1.807, 2.05) is 0 Å². The van der Waals surface area contributed by atoms with Crippen LogP contribution in [-0.2, 0) is 14.8 Å². The summed E-state index contributed by atoms with van der Waals surface area (Å²) in [5.74, 6) is -0.963. The molecule has 0 aromatic rings. The van der Waals surface area contributed by atoms with E-state index < -0.39 is 22.0 Å². The van der Waals surface area contributed by atoms with Crippen LogP contribution in [0.25, 0.3) is 0 Å². The van der Waals surface area contributed by atoms with E-state index in [1.54, 1.807) is 4.90 Å². The van der Waals surface area contributed by atoms with E-state index in [9.17, 15) is 13.2 Å². The molecule has 0 spiro atoms. The van der Waals surface area contributed by atoms with Crippen LogP contribution < -0.4 is 5.73 Å². The van der Waals surface area contributed by atoms with Crippen LogP contribution >= 0.6 is 24.8 Å². The molecule has 1 fully saturated rings. The zero-order valence-corrected chi connectivity index (χ0v) is 12.4. The highest BCUT2D eigenvalue weighted by Crippen LogP contribution is 2.08. The van der Waals surface area contributed by atoms with Gasteiger partial charge in [0, 0.05) is 32.7 Å². The summed E-state index contributed by atoms with van der Waals surface area (Å²) in [4.78, 5) is 12.6. The predicted molar refractivity (Wildman–Crippen MR) is 73.0 cm³/mol. The second kappa shape index (κ2) is 8.13. The lowest BCUT2D eigenvalue weighted by atomic mass is 10.2. The van der Waals surface area contributed by atoms with Gasteiger partial charge in [-0.1, -0.05) is 0 Å². The standard InChI is InChI=1S/C8H17N3O4S.2ClH/c1-16(14,15)11-4-2-10(3-5-11)7(6-9)8(12)13;;/h7H,2-6,9H2,1H3,(H,12,13);2*1H/t7-;;/m0../s1. The number of nitrogens with two attached hydrogens (primary N) is 1. The number of carbonyl (C=O) groups is 1. The first-order valence-electron chi connectivity index (χ1n) is 4.98. The molecule has 110 valence electrons. The Balaban J connectivity index is 0. The molecule has 0 aromatic heterocycles. The van der Waals surface area contributed by atoms with Crippen molar-refractivity contribution in [3.63, 3.8) is 0 Å². The summed E-state index contributed by atoms with van der Waals surface area (Å²) in [7, 11) is -3.17. The fraction of sp³-hybridized carbons (Fsp3) is 0.875. The Morgan fingerprint density at radius 1 is 1.28 bits per heavy atom. The van der Waals surface area contributed by atoms with Gasteiger partial charge in [-0.3, -0.25) is 9.69 Å². The first-order valence-corrected chi connectivity index (χ1v) is 6.83. The molecule has 10 heteroatoms. The third kappa shape index (κ3) is 5.25. The third-order valence-corrected chi connectivity index (χ3v) is 3.99. The van der Waals surface area contributed by atoms with E-state index in [2.05, 4.69) is 0 Å². The number of carboxylic acids is 1. The monoisotopic (exact) mass is 323 g/mol. The molecule has 3 N–H and O–H groups in total. The molecular weight excluding hydrogens is 305 g/mol. The number of piperazine rings is 1. The highest BCUT2D eigenvalue weighted by Gasteiger charge is 2.30. The molecule has 0 radical (unpaired) electrons. The van der Waals surface area contributed by atoms with Gasteiger partial charge in [-0.05, 0) is 0 Å². The molecule has 18 heavy (non-hydrogen) atoms. The van der Waals surface area contributed by atoms with E-state index >= 15 is 0 Å². The lowest BCUT2D eigenvalue weighted by molar-refractivity contribution is -0.143. The molecule has 0 aliphatic carbocycles. The Morgan fingerprint density at radius 2 is 1.72 bits per heavy atom. The summed E-state index contributed by atoms with van der Waals surface area (Å²) in [6.07, 6.45) is 1.15. The van der Waals surface area contributed by atoms with Crippen molar-refractivity contribution in [3.8, 4) is 0 Å². The molecule has 0 amide bonds. The van der Waals surface area contributed by atoms with Crippen LogP contribution in [0.5, 0.6) is 0 Å². The fourth-order valence-electron chi connectivity index (χ4n) is 1.75. The van der Waals surface area contributed by atoms with Gasteiger partial charge in [0.2, 0.25) is 10.0 Å². The number of hydrogen-bond acceptors (Lipinski definition) is 5. The first kappa shape index (κ1) is 20.2. The summed E-state index contributed by atoms with van der Waals surface area (Å²) in [5, 5.41) is 8.90. The molecule has 1 saturated heterocycles. The molecule has 7 nitrogen and oxygen atoms in total. The molecule has 1 aliphatic heterocycles. The topological polar surface area (TPSA) is 104 Å². The highest BCUT2D eigenvalue weighted by molar-refractivity contribution is 7.88. The van der Waals surface area contributed by atoms with Crippen LogP contribution in [0.15, 0.2) is 0 Å². The minimum Gasteiger partial charge on any atom is -0.480 e. The molecule has 1 aliphatic rings. The normalized spacial score (nSPS) is 19.4. The molecule has 0 unspecified atom stereocenters. The largest absolute Gasteiger partial charge is 0.480 e. The second-order valence-corrected chi connectivity index (χ2v) is 5.77. The van der Waals surface area contributed by atoms with Crippen molar-refractivity contribution >= 4 is 40.8 Å². The van der Waals surface area contributed by atoms with Gasteiger partial charge in [0.1, 0.15) is 6.04 Å². The van der Waals surface area contributed by atoms with Gasteiger partial charge in [-0.2, -0.15) is 4.31 Å². The molecule has 0 saturated carbocycles. The van der Waals surface area contributed by atoms with Crippen molar-refractivity contribution < 1.29 is 18.3 Å². The quantitative estimate of drug-likeness (QED) is 0.675. The number of carboxylic acid groups (broad SMARTS) is 1. The van der Waals surface area contributed by atoms with Crippen LogP contribution in [0, 0.1) is 0 Å². The number of sulfonamides is 1. The number of nitrogens with zero attached hydrogens (tertiary/aromatic N) is 2. The molecule has 0 aromatic carbocycles. The minimum absolute atomic E-state index is 0. The first-order chi connectivity index (χ1) is 7.36. The fourth-order valence-corrected chi connectivity index (χ4v) is 2.58. The zero-order chi connectivity index (χ0) is 12.3. The number of rotatable bonds is 4. The van der Waals surface area contributed by atoms with Gasteiger partial charge in [0.25, 0.3) is 0 Å². The SMILES string of the molecule is CS(=O)(=O)N1CCN([C@@H](CN)C(=O)O)CC1.Cl.Cl. The van der Waals surface area contributed by atoms with Crippen molar-refractivity contribution in [3.05, 3.63) is 0 Å². The second-order valence-electron chi connectivity index (χ2n) is 3.79. The van der Waals surface area contributed by atoms with Crippen LogP contribution in [-0.4, -0.2) is 73.7 Å². The molecular formula is C8H19Cl2N3O4S. The summed E-state index contributed by atoms with van der Waals surface area (Å²) in [6, 6.07) is -0.721. The van der Waals surface area contributed by atoms with Crippen molar-refractivity contribution in [2.24, 2.45) is 5.73 Å². The van der Waals surface area contributed by atoms with Crippen LogP contribution in [0.1, 0.15) is 0 Å². The predicted octanol–water partition coefficient (Wildman–Crippen LogP) is -1.18. The maximum Gasteiger partial charge on any atom is 0.322 e. The summed E-state index contributed by atoms with van der Waals surface area (Å²) >= 11 is 0. The van der Waals surface area contributed by atoms with E-state index in [1.165, 1.54) is 4.31 Å². The van der Waals surface area contributed by atoms with Crippen LogP contribution in [0.2, 0.25) is 0 Å². The van der Waals surface area contributed by atoms with Gasteiger partial charge < -0.3 is 10.8 Å². The van der Waals surface area contributed by atoms with Crippen molar-refractivity contribution in [1.82, 2.24) is 9.21 Å². The van der Waals surface area contributed by atoms with Gasteiger partial charge in [-0.25, -0.2) is 8.42 Å². The highest BCUT2D eigenvalue weighted by atomic mass is 35.5. The lowest BCUT2D eigenvalue weighted by Gasteiger charge is -2.36. The number of aliphatic carboxylic acids is 1. The van der Waals surface area contributed by atoms with E-state index in [0.717, 1.165) is 6.26 Å². The maximum atomic E-state index is 11.2. The van der Waals surface area contributed by atoms with E-state index in [-0.39, 0.29) is 31.4 Å². The van der Waals surface area contributed by atoms with Crippen LogP contribution in [0.3, 0.4) is 0 Å². The Bertz CT molecular complexity index is 357. The van der Waals surface area contributed by atoms with Crippen LogP contribution in [0.4, 0.5) is 0 Å². The third-order valence-electron chi connectivity index (χ3n) is 2.69. The molecule has 1 rings (SSSR count). The maximum absolute atomic E-state index is 11.2. The number of halogens is 2. The summed E-state index contributed by atoms with van der Waals surface area (Å²) < 4.78 is 23.8. The van der Waals surface area contributed by atoms with Gasteiger partial charge in [0.05, 0.1) is 6.26 Å². The molecule has 1 atom stereocenters. The minimum atomic E-state index is -3.17. The molecule has 0 bridgehead atoms. The summed E-state index contributed by atoms with van der Waals surface area (Å²) in [6.45, 7) is 1.49. The average molecular weight is 324 g/mol. The Kier molecular flexibility index (Phi) is 9.13. The van der Waals surface area contributed by atoms with Crippen molar-refractivity contribution in [1.29, 1.82) is 0 Å². The smallest absolute Gasteiger partial charge is 0.322 e. The van der Waals surface area contributed by atoms with Crippen molar-refractivity contribution in [2.45, 2.75) is 6.04 Å².